The fraction of sp³-hybridized carbons (Fsp3) is 0.680. The summed E-state index contributed by atoms with van der Waals surface area (Å²) in [5, 5.41) is 41.0. The lowest BCUT2D eigenvalue weighted by Gasteiger charge is -2.18. The first-order valence-electron chi connectivity index (χ1n) is 13.4. The molecule has 3 atom stereocenters. The highest BCUT2D eigenvalue weighted by atomic mass is 32.2. The second kappa shape index (κ2) is 19.9. The van der Waals surface area contributed by atoms with E-state index < -0.39 is 36.1 Å². The van der Waals surface area contributed by atoms with Crippen LogP contribution in [0.25, 0.3) is 0 Å². The van der Waals surface area contributed by atoms with Crippen molar-refractivity contribution < 1.29 is 44.0 Å². The van der Waals surface area contributed by atoms with Gasteiger partial charge in [0.05, 0.1) is 18.1 Å². The Morgan fingerprint density at radius 2 is 1.80 bits per heavy atom. The zero-order valence-electron chi connectivity index (χ0n) is 23.8. The van der Waals surface area contributed by atoms with Crippen LogP contribution in [0.3, 0.4) is 0 Å². The SMILES string of the molecule is CCNC(=O)C(CCCCN)NC(=O)CCn1c(O)cc(SCC(NC(C)=O)C(=O)NCCOC(O)COC)c1O. The van der Waals surface area contributed by atoms with Gasteiger partial charge in [-0.15, -0.1) is 11.8 Å². The molecule has 9 N–H and O–H groups in total. The predicted octanol–water partition coefficient (Wildman–Crippen LogP) is -1.27. The molecule has 0 aromatic carbocycles. The molecule has 1 aromatic heterocycles. The third kappa shape index (κ3) is 13.9. The summed E-state index contributed by atoms with van der Waals surface area (Å²) >= 11 is 1.02. The normalized spacial score (nSPS) is 13.2. The van der Waals surface area contributed by atoms with Crippen LogP contribution in [0.15, 0.2) is 11.0 Å². The van der Waals surface area contributed by atoms with E-state index in [-0.39, 0.29) is 61.0 Å². The van der Waals surface area contributed by atoms with Crippen molar-refractivity contribution >= 4 is 35.4 Å². The van der Waals surface area contributed by atoms with Crippen molar-refractivity contribution in [3.8, 4) is 11.8 Å². The topological polar surface area (TPSA) is 226 Å². The molecule has 1 rings (SSSR count). The van der Waals surface area contributed by atoms with Crippen LogP contribution in [0.2, 0.25) is 0 Å². The highest BCUT2D eigenvalue weighted by Crippen LogP contribution is 2.35. The van der Waals surface area contributed by atoms with Crippen LogP contribution >= 0.6 is 11.8 Å². The maximum atomic E-state index is 12.6. The standard InChI is InChI=1S/C25H44N6O9S/c1-4-27-23(36)17(7-5-6-9-26)30-20(33)8-11-31-21(34)13-19(25(31)38)41-15-18(29-16(2)32)24(37)28-10-12-40-22(35)14-39-3/h13,17-18,22,34-35,38H,4-12,14-15,26H2,1-3H3,(H,27,36)(H,28,37)(H,29,32)(H,30,33). The minimum Gasteiger partial charge on any atom is -0.494 e. The fourth-order valence-corrected chi connectivity index (χ4v) is 4.66. The second-order valence-electron chi connectivity index (χ2n) is 9.03. The highest BCUT2D eigenvalue weighted by Gasteiger charge is 2.23. The highest BCUT2D eigenvalue weighted by molar-refractivity contribution is 7.99. The van der Waals surface area contributed by atoms with Crippen molar-refractivity contribution in [2.75, 3.05) is 45.7 Å². The number of thioether (sulfide) groups is 1. The average Bonchev–Trinajstić information content (AvgIpc) is 3.19. The molecular formula is C25H44N6O9S. The molecular weight excluding hydrogens is 560 g/mol. The number of nitrogens with zero attached hydrogens (tertiary/aromatic N) is 1. The number of rotatable bonds is 21. The van der Waals surface area contributed by atoms with Gasteiger partial charge in [-0.1, -0.05) is 0 Å². The van der Waals surface area contributed by atoms with Crippen molar-refractivity contribution in [2.24, 2.45) is 5.73 Å². The van der Waals surface area contributed by atoms with Crippen LogP contribution in [0, 0.1) is 0 Å². The summed E-state index contributed by atoms with van der Waals surface area (Å²) in [4.78, 5) is 49.3. The third-order valence-electron chi connectivity index (χ3n) is 5.65. The maximum absolute atomic E-state index is 12.6. The van der Waals surface area contributed by atoms with E-state index in [0.29, 0.717) is 25.9 Å². The Hall–Kier alpha value is -3.05. The van der Waals surface area contributed by atoms with Gasteiger partial charge in [0.2, 0.25) is 29.5 Å². The van der Waals surface area contributed by atoms with Gasteiger partial charge >= 0.3 is 0 Å². The largest absolute Gasteiger partial charge is 0.494 e. The number of likely N-dealkylation sites (N-methyl/N-ethyl adjacent to an activating group) is 1. The smallest absolute Gasteiger partial charge is 0.243 e. The van der Waals surface area contributed by atoms with Gasteiger partial charge in [0.1, 0.15) is 12.1 Å². The number of amides is 4. The number of hydrogen-bond donors (Lipinski definition) is 8. The minimum atomic E-state index is -1.13. The molecule has 4 amide bonds. The molecule has 234 valence electrons. The van der Waals surface area contributed by atoms with Crippen molar-refractivity contribution in [2.45, 2.75) is 69.3 Å². The summed E-state index contributed by atoms with van der Waals surface area (Å²) in [7, 11) is 1.41. The van der Waals surface area contributed by atoms with Crippen molar-refractivity contribution in [3.05, 3.63) is 6.07 Å². The first kappa shape index (κ1) is 36.0. The zero-order chi connectivity index (χ0) is 30.8. The van der Waals surface area contributed by atoms with Gasteiger partial charge < -0.3 is 51.8 Å². The van der Waals surface area contributed by atoms with Crippen molar-refractivity contribution in [1.29, 1.82) is 0 Å². The zero-order valence-corrected chi connectivity index (χ0v) is 24.6. The van der Waals surface area contributed by atoms with E-state index in [1.807, 2.05) is 0 Å². The Bertz CT molecular complexity index is 978. The summed E-state index contributed by atoms with van der Waals surface area (Å²) in [5.74, 6) is -2.27. The fourth-order valence-electron chi connectivity index (χ4n) is 3.65. The van der Waals surface area contributed by atoms with Crippen LogP contribution < -0.4 is 27.0 Å². The van der Waals surface area contributed by atoms with E-state index >= 15 is 0 Å². The maximum Gasteiger partial charge on any atom is 0.243 e. The molecule has 0 radical (unpaired) electrons. The Kier molecular flexibility index (Phi) is 17.5. The molecule has 0 aliphatic carbocycles. The number of aliphatic hydroxyl groups excluding tert-OH is 1. The number of nitrogens with two attached hydrogens (primary N) is 1. The van der Waals surface area contributed by atoms with Gasteiger partial charge in [0.25, 0.3) is 0 Å². The second-order valence-corrected chi connectivity index (χ2v) is 10.1. The quantitative estimate of drug-likeness (QED) is 0.0469. The summed E-state index contributed by atoms with van der Waals surface area (Å²) in [6, 6.07) is -0.399. The molecule has 0 saturated carbocycles. The summed E-state index contributed by atoms with van der Waals surface area (Å²) < 4.78 is 10.9. The molecule has 0 bridgehead atoms. The van der Waals surface area contributed by atoms with Crippen LogP contribution in [0.1, 0.15) is 39.5 Å². The van der Waals surface area contributed by atoms with Gasteiger partial charge in [0.15, 0.2) is 12.2 Å². The Labute approximate surface area is 243 Å². The van der Waals surface area contributed by atoms with Crippen molar-refractivity contribution in [1.82, 2.24) is 25.8 Å². The Balaban J connectivity index is 2.72. The molecule has 0 fully saturated rings. The summed E-state index contributed by atoms with van der Waals surface area (Å²) in [5.41, 5.74) is 5.52. The lowest BCUT2D eigenvalue weighted by molar-refractivity contribution is -0.134. The number of carbonyl (C=O) groups is 4. The number of hydrogen-bond acceptors (Lipinski definition) is 11. The molecule has 16 heteroatoms. The molecule has 0 spiro atoms. The molecule has 15 nitrogen and oxygen atoms in total. The monoisotopic (exact) mass is 604 g/mol. The van der Waals surface area contributed by atoms with Gasteiger partial charge in [-0.3, -0.25) is 23.7 Å². The number of nitrogens with one attached hydrogen (secondary N) is 4. The van der Waals surface area contributed by atoms with Gasteiger partial charge in [-0.05, 0) is 32.7 Å². The molecule has 1 heterocycles. The first-order chi connectivity index (χ1) is 19.5. The van der Waals surface area contributed by atoms with E-state index in [0.717, 1.165) is 22.7 Å². The molecule has 3 unspecified atom stereocenters. The van der Waals surface area contributed by atoms with Crippen LogP contribution in [0.5, 0.6) is 11.8 Å². The number of aromatic nitrogens is 1. The number of aromatic hydroxyl groups is 2. The van der Waals surface area contributed by atoms with Gasteiger partial charge in [-0.25, -0.2) is 0 Å². The summed E-state index contributed by atoms with van der Waals surface area (Å²) in [6.45, 7) is 3.93. The molecule has 0 aliphatic rings. The minimum absolute atomic E-state index is 0.0129. The molecule has 0 saturated heterocycles. The number of unbranched alkanes of at least 4 members (excludes halogenated alkanes) is 1. The number of aliphatic hydroxyl groups is 1. The van der Waals surface area contributed by atoms with E-state index in [1.165, 1.54) is 20.1 Å². The van der Waals surface area contributed by atoms with Crippen LogP contribution in [0.4, 0.5) is 0 Å². The first-order valence-corrected chi connectivity index (χ1v) is 14.4. The lowest BCUT2D eigenvalue weighted by Crippen LogP contribution is -2.48. The van der Waals surface area contributed by atoms with E-state index in [9.17, 15) is 34.5 Å². The van der Waals surface area contributed by atoms with Crippen LogP contribution in [-0.2, 0) is 35.2 Å². The molecule has 1 aromatic rings. The van der Waals surface area contributed by atoms with Crippen molar-refractivity contribution in [3.63, 3.8) is 0 Å². The third-order valence-corrected chi connectivity index (χ3v) is 6.76. The molecule has 0 aliphatic heterocycles. The molecule has 41 heavy (non-hydrogen) atoms. The van der Waals surface area contributed by atoms with Gasteiger partial charge in [-0.2, -0.15) is 0 Å². The number of methoxy groups -OCH3 is 1. The van der Waals surface area contributed by atoms with E-state index in [4.69, 9.17) is 15.2 Å². The van der Waals surface area contributed by atoms with Crippen LogP contribution in [-0.4, -0.2) is 108 Å². The number of carbonyl (C=O) groups excluding carboxylic acids is 4. The number of ether oxygens (including phenoxy) is 2. The predicted molar refractivity (Wildman–Crippen MR) is 151 cm³/mol. The van der Waals surface area contributed by atoms with E-state index in [1.54, 1.807) is 6.92 Å². The Morgan fingerprint density at radius 3 is 2.44 bits per heavy atom. The summed E-state index contributed by atoms with van der Waals surface area (Å²) in [6.07, 6.45) is 0.565. The lowest BCUT2D eigenvalue weighted by atomic mass is 10.1. The Morgan fingerprint density at radius 1 is 1.10 bits per heavy atom. The average molecular weight is 605 g/mol. The van der Waals surface area contributed by atoms with Gasteiger partial charge in [0, 0.05) is 51.9 Å². The van der Waals surface area contributed by atoms with E-state index in [2.05, 4.69) is 21.3 Å².